The Morgan fingerprint density at radius 2 is 2.29 bits per heavy atom. The van der Waals surface area contributed by atoms with E-state index in [9.17, 15) is 4.79 Å². The molecule has 0 aromatic heterocycles. The van der Waals surface area contributed by atoms with Crippen molar-refractivity contribution in [1.82, 2.24) is 10.6 Å². The first-order valence-electron chi connectivity index (χ1n) is 6.04. The molecule has 1 atom stereocenters. The molecule has 4 nitrogen and oxygen atoms in total. The molecule has 1 aromatic carbocycles. The number of rotatable bonds is 3. The lowest BCUT2D eigenvalue weighted by molar-refractivity contribution is 0.214. The number of carbonyl (C=O) groups is 1. The number of hydrogen-bond donors (Lipinski definition) is 2. The minimum Gasteiger partial charge on any atom is -0.491 e. The molecule has 17 heavy (non-hydrogen) atoms. The van der Waals surface area contributed by atoms with Crippen LogP contribution >= 0.6 is 0 Å². The van der Waals surface area contributed by atoms with Crippen molar-refractivity contribution < 1.29 is 9.53 Å². The number of urea groups is 1. The first-order valence-corrected chi connectivity index (χ1v) is 6.04. The number of nitrogens with one attached hydrogen (secondary N) is 2. The number of benzene rings is 1. The zero-order valence-corrected chi connectivity index (χ0v) is 10.0. The maximum Gasteiger partial charge on any atom is 0.315 e. The maximum absolute atomic E-state index is 11.5. The molecule has 0 bridgehead atoms. The predicted octanol–water partition coefficient (Wildman–Crippen LogP) is 1.70. The summed E-state index contributed by atoms with van der Waals surface area (Å²) < 4.78 is 5.60. The van der Waals surface area contributed by atoms with Crippen LogP contribution in [0.5, 0.6) is 5.75 Å². The molecule has 0 saturated carbocycles. The Balaban J connectivity index is 1.88. The number of hydrogen-bond acceptors (Lipinski definition) is 2. The third-order valence-corrected chi connectivity index (χ3v) is 2.75. The highest BCUT2D eigenvalue weighted by atomic mass is 16.5. The largest absolute Gasteiger partial charge is 0.491 e. The molecular weight excluding hydrogens is 216 g/mol. The van der Waals surface area contributed by atoms with Crippen LogP contribution in [-0.2, 0) is 6.42 Å². The summed E-state index contributed by atoms with van der Waals surface area (Å²) in [4.78, 5) is 11.5. The third kappa shape index (κ3) is 3.12. The van der Waals surface area contributed by atoms with E-state index in [1.165, 1.54) is 0 Å². The van der Waals surface area contributed by atoms with Crippen molar-refractivity contribution in [3.8, 4) is 5.75 Å². The number of para-hydroxylation sites is 1. The minimum atomic E-state index is -0.111. The SMILES string of the molecule is CCCNC(=O)NC1COc2ccccc2C1. The van der Waals surface area contributed by atoms with Gasteiger partial charge in [-0.25, -0.2) is 4.79 Å². The van der Waals surface area contributed by atoms with Crippen LogP contribution in [0.3, 0.4) is 0 Å². The first-order chi connectivity index (χ1) is 8.29. The van der Waals surface area contributed by atoms with Crippen LogP contribution in [0.4, 0.5) is 4.79 Å². The van der Waals surface area contributed by atoms with E-state index in [-0.39, 0.29) is 12.1 Å². The monoisotopic (exact) mass is 234 g/mol. The van der Waals surface area contributed by atoms with Crippen LogP contribution < -0.4 is 15.4 Å². The van der Waals surface area contributed by atoms with E-state index in [1.807, 2.05) is 31.2 Å². The van der Waals surface area contributed by atoms with Crippen molar-refractivity contribution in [3.05, 3.63) is 29.8 Å². The molecule has 1 aromatic rings. The molecule has 1 unspecified atom stereocenters. The highest BCUT2D eigenvalue weighted by Crippen LogP contribution is 2.23. The second-order valence-corrected chi connectivity index (χ2v) is 4.22. The first kappa shape index (κ1) is 11.8. The molecule has 1 heterocycles. The van der Waals surface area contributed by atoms with Gasteiger partial charge in [-0.1, -0.05) is 25.1 Å². The van der Waals surface area contributed by atoms with Crippen molar-refractivity contribution >= 4 is 6.03 Å². The van der Waals surface area contributed by atoms with E-state index in [1.54, 1.807) is 0 Å². The molecule has 1 aliphatic rings. The van der Waals surface area contributed by atoms with Crippen molar-refractivity contribution in [2.75, 3.05) is 13.2 Å². The van der Waals surface area contributed by atoms with Gasteiger partial charge in [0, 0.05) is 6.54 Å². The summed E-state index contributed by atoms with van der Waals surface area (Å²) in [5.74, 6) is 0.930. The minimum absolute atomic E-state index is 0.0572. The Morgan fingerprint density at radius 1 is 1.47 bits per heavy atom. The van der Waals surface area contributed by atoms with E-state index in [2.05, 4.69) is 10.6 Å². The maximum atomic E-state index is 11.5. The van der Waals surface area contributed by atoms with Gasteiger partial charge in [0.25, 0.3) is 0 Å². The molecule has 0 saturated heterocycles. The highest BCUT2D eigenvalue weighted by Gasteiger charge is 2.20. The Bertz CT molecular complexity index is 393. The van der Waals surface area contributed by atoms with Crippen LogP contribution in [-0.4, -0.2) is 25.2 Å². The van der Waals surface area contributed by atoms with Crippen LogP contribution in [0.1, 0.15) is 18.9 Å². The van der Waals surface area contributed by atoms with Gasteiger partial charge in [0.1, 0.15) is 12.4 Å². The molecule has 0 radical (unpaired) electrons. The Morgan fingerprint density at radius 3 is 3.12 bits per heavy atom. The van der Waals surface area contributed by atoms with Gasteiger partial charge >= 0.3 is 6.03 Å². The van der Waals surface area contributed by atoms with Gasteiger partial charge in [-0.3, -0.25) is 0 Å². The van der Waals surface area contributed by atoms with Crippen molar-refractivity contribution in [1.29, 1.82) is 0 Å². The zero-order valence-electron chi connectivity index (χ0n) is 10.0. The lowest BCUT2D eigenvalue weighted by Crippen LogP contribution is -2.47. The molecule has 0 spiro atoms. The molecule has 92 valence electrons. The Labute approximate surface area is 101 Å². The summed E-state index contributed by atoms with van der Waals surface area (Å²) in [6, 6.07) is 7.89. The average Bonchev–Trinajstić information content (AvgIpc) is 2.36. The fourth-order valence-corrected chi connectivity index (χ4v) is 1.90. The van der Waals surface area contributed by atoms with Crippen LogP contribution in [0.15, 0.2) is 24.3 Å². The van der Waals surface area contributed by atoms with Crippen LogP contribution in [0, 0.1) is 0 Å². The molecule has 2 rings (SSSR count). The lowest BCUT2D eigenvalue weighted by Gasteiger charge is -2.26. The highest BCUT2D eigenvalue weighted by molar-refractivity contribution is 5.74. The van der Waals surface area contributed by atoms with Gasteiger partial charge in [-0.2, -0.15) is 0 Å². The van der Waals surface area contributed by atoms with Gasteiger partial charge in [0.2, 0.25) is 0 Å². The van der Waals surface area contributed by atoms with E-state index in [0.717, 1.165) is 24.2 Å². The van der Waals surface area contributed by atoms with Gasteiger partial charge in [0.05, 0.1) is 6.04 Å². The fourth-order valence-electron chi connectivity index (χ4n) is 1.90. The third-order valence-electron chi connectivity index (χ3n) is 2.75. The second kappa shape index (κ2) is 5.57. The summed E-state index contributed by atoms with van der Waals surface area (Å²) in [5, 5.41) is 5.72. The second-order valence-electron chi connectivity index (χ2n) is 4.22. The van der Waals surface area contributed by atoms with Crippen molar-refractivity contribution in [3.63, 3.8) is 0 Å². The van der Waals surface area contributed by atoms with Gasteiger partial charge in [-0.15, -0.1) is 0 Å². The number of fused-ring (bicyclic) bond motifs is 1. The molecule has 0 fully saturated rings. The quantitative estimate of drug-likeness (QED) is 0.836. The number of carbonyl (C=O) groups excluding carboxylic acids is 1. The smallest absolute Gasteiger partial charge is 0.315 e. The average molecular weight is 234 g/mol. The summed E-state index contributed by atoms with van der Waals surface area (Å²) in [7, 11) is 0. The molecule has 4 heteroatoms. The number of amides is 2. The van der Waals surface area contributed by atoms with E-state index in [0.29, 0.717) is 13.2 Å². The normalized spacial score (nSPS) is 17.8. The molecular formula is C13H18N2O2. The van der Waals surface area contributed by atoms with Crippen molar-refractivity contribution in [2.45, 2.75) is 25.8 Å². The summed E-state index contributed by atoms with van der Waals surface area (Å²) in [6.07, 6.45) is 1.77. The summed E-state index contributed by atoms with van der Waals surface area (Å²) >= 11 is 0. The van der Waals surface area contributed by atoms with E-state index < -0.39 is 0 Å². The van der Waals surface area contributed by atoms with Gasteiger partial charge in [-0.05, 0) is 24.5 Å². The Kier molecular flexibility index (Phi) is 3.85. The van der Waals surface area contributed by atoms with Gasteiger partial charge < -0.3 is 15.4 Å². The standard InChI is InChI=1S/C13H18N2O2/c1-2-7-14-13(16)15-11-8-10-5-3-4-6-12(10)17-9-11/h3-6,11H,2,7-9H2,1H3,(H2,14,15,16). The fraction of sp³-hybridized carbons (Fsp3) is 0.462. The van der Waals surface area contributed by atoms with E-state index >= 15 is 0 Å². The molecule has 2 N–H and O–H groups in total. The molecule has 1 aliphatic heterocycles. The zero-order chi connectivity index (χ0) is 12.1. The number of ether oxygens (including phenoxy) is 1. The van der Waals surface area contributed by atoms with Crippen LogP contribution in [0.2, 0.25) is 0 Å². The Hall–Kier alpha value is -1.71. The van der Waals surface area contributed by atoms with E-state index in [4.69, 9.17) is 4.74 Å². The lowest BCUT2D eigenvalue weighted by atomic mass is 10.0. The predicted molar refractivity (Wildman–Crippen MR) is 66.3 cm³/mol. The van der Waals surface area contributed by atoms with Crippen LogP contribution in [0.25, 0.3) is 0 Å². The summed E-state index contributed by atoms with van der Waals surface area (Å²) in [6.45, 7) is 3.27. The molecule has 2 amide bonds. The topological polar surface area (TPSA) is 50.4 Å². The van der Waals surface area contributed by atoms with Crippen molar-refractivity contribution in [2.24, 2.45) is 0 Å². The summed E-state index contributed by atoms with van der Waals surface area (Å²) in [5.41, 5.74) is 1.15. The van der Waals surface area contributed by atoms with Gasteiger partial charge in [0.15, 0.2) is 0 Å². The molecule has 0 aliphatic carbocycles.